The maximum atomic E-state index is 3.16. The minimum atomic E-state index is 0.833. The molecule has 0 bridgehead atoms. The Balaban J connectivity index is 3.12. The van der Waals surface area contributed by atoms with Gasteiger partial charge in [0.2, 0.25) is 0 Å². The molecule has 0 aliphatic rings. The monoisotopic (exact) mass is 255 g/mol. The van der Waals surface area contributed by atoms with Gasteiger partial charge in [-0.15, -0.1) is 0 Å². The average molecular weight is 255 g/mol. The number of rotatable bonds is 5. The molecule has 0 saturated carbocycles. The van der Waals surface area contributed by atoms with Crippen LogP contribution >= 0.6 is 22.9 Å². The fourth-order valence-corrected chi connectivity index (χ4v) is 1.60. The third kappa shape index (κ3) is 6.81. The third-order valence-electron chi connectivity index (χ3n) is 1.66. The topological polar surface area (TPSA) is 12.0 Å². The van der Waals surface area contributed by atoms with Crippen molar-refractivity contribution in [1.82, 2.24) is 3.53 Å². The van der Waals surface area contributed by atoms with Crippen molar-refractivity contribution in [3.8, 4) is 0 Å². The second-order valence-corrected chi connectivity index (χ2v) is 4.18. The minimum Gasteiger partial charge on any atom is -0.261 e. The van der Waals surface area contributed by atoms with E-state index in [2.05, 4.69) is 47.2 Å². The summed E-state index contributed by atoms with van der Waals surface area (Å²) in [5.41, 5.74) is 0. The molecule has 0 aliphatic heterocycles. The van der Waals surface area contributed by atoms with Gasteiger partial charge in [0.1, 0.15) is 0 Å². The van der Waals surface area contributed by atoms with E-state index in [0.29, 0.717) is 0 Å². The summed E-state index contributed by atoms with van der Waals surface area (Å²) in [6, 6.07) is 0. The first-order valence-corrected chi connectivity index (χ1v) is 5.08. The van der Waals surface area contributed by atoms with Gasteiger partial charge in [-0.25, -0.2) is 0 Å². The van der Waals surface area contributed by atoms with Gasteiger partial charge < -0.3 is 0 Å². The quantitative estimate of drug-likeness (QED) is 0.588. The lowest BCUT2D eigenvalue weighted by molar-refractivity contribution is 0.453. The maximum absolute atomic E-state index is 3.16. The zero-order valence-electron chi connectivity index (χ0n) is 7.15. The van der Waals surface area contributed by atoms with E-state index in [0.717, 1.165) is 18.4 Å². The van der Waals surface area contributed by atoms with Crippen molar-refractivity contribution in [3.05, 3.63) is 0 Å². The van der Waals surface area contributed by atoms with Crippen LogP contribution in [0.15, 0.2) is 0 Å². The van der Waals surface area contributed by atoms with E-state index in [1.807, 2.05) is 0 Å². The highest BCUT2D eigenvalue weighted by Gasteiger charge is 2.01. The molecule has 0 fully saturated rings. The largest absolute Gasteiger partial charge is 0.261 e. The summed E-state index contributed by atoms with van der Waals surface area (Å²) >= 11 is 2.21. The molecule has 1 N–H and O–H groups in total. The molecule has 0 amide bonds. The van der Waals surface area contributed by atoms with Gasteiger partial charge in [0.05, 0.1) is 0 Å². The Bertz CT molecular complexity index is 73.7. The molecule has 0 radical (unpaired) electrons. The Labute approximate surface area is 78.5 Å². The lowest BCUT2D eigenvalue weighted by Gasteiger charge is -2.10. The van der Waals surface area contributed by atoms with Gasteiger partial charge in [0, 0.05) is 29.4 Å². The number of nitrogens with one attached hydrogen (secondary N) is 1. The molecule has 0 aliphatic carbocycles. The van der Waals surface area contributed by atoms with Crippen molar-refractivity contribution >= 4 is 22.9 Å². The minimum absolute atomic E-state index is 0.833. The van der Waals surface area contributed by atoms with Gasteiger partial charge in [-0.05, 0) is 18.3 Å². The Morgan fingerprint density at radius 2 is 1.80 bits per heavy atom. The molecule has 62 valence electrons. The molecule has 0 aromatic rings. The van der Waals surface area contributed by atoms with Gasteiger partial charge >= 0.3 is 0 Å². The zero-order chi connectivity index (χ0) is 7.98. The summed E-state index contributed by atoms with van der Waals surface area (Å²) in [5, 5.41) is 0. The fraction of sp³-hybridized carbons (Fsp3) is 1.00. The second kappa shape index (κ2) is 6.40. The van der Waals surface area contributed by atoms with Crippen LogP contribution in [0.4, 0.5) is 0 Å². The maximum Gasteiger partial charge on any atom is 0.0169 e. The van der Waals surface area contributed by atoms with Crippen molar-refractivity contribution in [2.75, 3.05) is 6.54 Å². The first-order valence-electron chi connectivity index (χ1n) is 4.00. The molecule has 0 spiro atoms. The molecule has 2 heteroatoms. The zero-order valence-corrected chi connectivity index (χ0v) is 9.31. The highest BCUT2D eigenvalue weighted by molar-refractivity contribution is 14.1. The van der Waals surface area contributed by atoms with Gasteiger partial charge in [0.25, 0.3) is 0 Å². The summed E-state index contributed by atoms with van der Waals surface area (Å²) in [6.45, 7) is 8.01. The van der Waals surface area contributed by atoms with Gasteiger partial charge in [-0.2, -0.15) is 0 Å². The van der Waals surface area contributed by atoms with Crippen LogP contribution in [0.25, 0.3) is 0 Å². The molecule has 0 rings (SSSR count). The van der Waals surface area contributed by atoms with Crippen molar-refractivity contribution in [2.45, 2.75) is 33.6 Å². The van der Waals surface area contributed by atoms with Crippen LogP contribution < -0.4 is 3.53 Å². The summed E-state index contributed by atoms with van der Waals surface area (Å²) in [6.07, 6.45) is 2.72. The molecular formula is C8H18IN. The molecule has 0 heterocycles. The summed E-state index contributed by atoms with van der Waals surface area (Å²) < 4.78 is 3.16. The highest BCUT2D eigenvalue weighted by atomic mass is 127. The molecule has 0 aromatic heterocycles. The second-order valence-electron chi connectivity index (χ2n) is 3.41. The average Bonchev–Trinajstić information content (AvgIpc) is 1.85. The van der Waals surface area contributed by atoms with Crippen LogP contribution in [0, 0.1) is 11.8 Å². The van der Waals surface area contributed by atoms with Gasteiger partial charge in [-0.1, -0.05) is 27.2 Å². The van der Waals surface area contributed by atoms with Crippen LogP contribution in [0.1, 0.15) is 33.6 Å². The van der Waals surface area contributed by atoms with Crippen LogP contribution in [0.5, 0.6) is 0 Å². The molecule has 1 atom stereocenters. The molecule has 0 saturated heterocycles. The van der Waals surface area contributed by atoms with E-state index < -0.39 is 0 Å². The van der Waals surface area contributed by atoms with E-state index in [1.165, 1.54) is 12.8 Å². The van der Waals surface area contributed by atoms with Crippen LogP contribution in [-0.4, -0.2) is 6.54 Å². The lowest BCUT2D eigenvalue weighted by Crippen LogP contribution is -2.11. The Hall–Kier alpha value is 0.690. The smallest absolute Gasteiger partial charge is 0.0169 e. The Morgan fingerprint density at radius 3 is 2.20 bits per heavy atom. The fourth-order valence-electron chi connectivity index (χ4n) is 0.852. The SMILES string of the molecule is CC(C)CCC(C)CNI. The molecule has 1 unspecified atom stereocenters. The molecule has 10 heavy (non-hydrogen) atoms. The van der Waals surface area contributed by atoms with E-state index in [1.54, 1.807) is 0 Å². The summed E-state index contributed by atoms with van der Waals surface area (Å²) in [7, 11) is 0. The van der Waals surface area contributed by atoms with Crippen molar-refractivity contribution in [1.29, 1.82) is 0 Å². The number of hydrogen-bond acceptors (Lipinski definition) is 1. The predicted molar refractivity (Wildman–Crippen MR) is 55.3 cm³/mol. The Kier molecular flexibility index (Phi) is 6.85. The van der Waals surface area contributed by atoms with E-state index in [-0.39, 0.29) is 0 Å². The first-order chi connectivity index (χ1) is 4.66. The van der Waals surface area contributed by atoms with Crippen molar-refractivity contribution in [2.24, 2.45) is 11.8 Å². The Morgan fingerprint density at radius 1 is 1.20 bits per heavy atom. The summed E-state index contributed by atoms with van der Waals surface area (Å²) in [4.78, 5) is 0. The van der Waals surface area contributed by atoms with Gasteiger partial charge in [0.15, 0.2) is 0 Å². The van der Waals surface area contributed by atoms with E-state index in [4.69, 9.17) is 0 Å². The molecular weight excluding hydrogens is 237 g/mol. The normalized spacial score (nSPS) is 14.1. The van der Waals surface area contributed by atoms with Crippen LogP contribution in [0.3, 0.4) is 0 Å². The number of hydrogen-bond donors (Lipinski definition) is 1. The van der Waals surface area contributed by atoms with Gasteiger partial charge in [-0.3, -0.25) is 3.53 Å². The highest BCUT2D eigenvalue weighted by Crippen LogP contribution is 2.10. The van der Waals surface area contributed by atoms with Crippen molar-refractivity contribution < 1.29 is 0 Å². The van der Waals surface area contributed by atoms with E-state index in [9.17, 15) is 0 Å². The molecule has 1 nitrogen and oxygen atoms in total. The first kappa shape index (κ1) is 10.7. The van der Waals surface area contributed by atoms with Crippen molar-refractivity contribution in [3.63, 3.8) is 0 Å². The lowest BCUT2D eigenvalue weighted by atomic mass is 10.00. The summed E-state index contributed by atoms with van der Waals surface area (Å²) in [5.74, 6) is 1.69. The number of halogens is 1. The van der Waals surface area contributed by atoms with E-state index >= 15 is 0 Å². The predicted octanol–water partition coefficient (Wildman–Crippen LogP) is 3.00. The standard InChI is InChI=1S/C8H18IN/c1-7(2)4-5-8(3)6-10-9/h7-8,10H,4-6H2,1-3H3. The molecule has 0 aromatic carbocycles. The van der Waals surface area contributed by atoms with Crippen LogP contribution in [-0.2, 0) is 0 Å². The third-order valence-corrected chi connectivity index (χ3v) is 2.10. The van der Waals surface area contributed by atoms with Crippen LogP contribution in [0.2, 0.25) is 0 Å².